The fraction of sp³-hybridized carbons (Fsp3) is 0.179. The molecular weight excluding hydrogens is 500 g/mol. The summed E-state index contributed by atoms with van der Waals surface area (Å²) in [7, 11) is 1.63. The van der Waals surface area contributed by atoms with Gasteiger partial charge >= 0.3 is 6.03 Å². The van der Waals surface area contributed by atoms with Gasteiger partial charge in [0.2, 0.25) is 5.88 Å². The van der Waals surface area contributed by atoms with Crippen molar-refractivity contribution in [3.05, 3.63) is 79.1 Å². The number of hydrogen-bond acceptors (Lipinski definition) is 8. The minimum absolute atomic E-state index is 0.306. The third kappa shape index (κ3) is 4.33. The number of rotatable bonds is 6. The van der Waals surface area contributed by atoms with Crippen molar-refractivity contribution in [3.63, 3.8) is 0 Å². The second-order valence-electron chi connectivity index (χ2n) is 9.18. The zero-order valence-corrected chi connectivity index (χ0v) is 21.0. The normalized spacial score (nSPS) is 16.2. The van der Waals surface area contributed by atoms with Gasteiger partial charge in [0.25, 0.3) is 11.8 Å². The number of amides is 4. The van der Waals surface area contributed by atoms with E-state index >= 15 is 0 Å². The Bertz CT molecular complexity index is 1530. The van der Waals surface area contributed by atoms with Crippen LogP contribution in [0.25, 0.3) is 16.9 Å². The molecule has 39 heavy (non-hydrogen) atoms. The van der Waals surface area contributed by atoms with E-state index in [0.717, 1.165) is 22.7 Å². The van der Waals surface area contributed by atoms with Gasteiger partial charge in [-0.05, 0) is 73.5 Å². The Morgan fingerprint density at radius 3 is 2.21 bits per heavy atom. The number of imide groups is 2. The lowest BCUT2D eigenvalue weighted by Gasteiger charge is -2.38. The average Bonchev–Trinajstić information content (AvgIpc) is 3.62. The lowest BCUT2D eigenvalue weighted by molar-refractivity contribution is -0.137. The van der Waals surface area contributed by atoms with Crippen LogP contribution in [0.2, 0.25) is 0 Å². The minimum atomic E-state index is -1.46. The highest BCUT2D eigenvalue weighted by Crippen LogP contribution is 2.36. The van der Waals surface area contributed by atoms with Gasteiger partial charge in [0.15, 0.2) is 5.54 Å². The van der Waals surface area contributed by atoms with Crippen LogP contribution in [-0.4, -0.2) is 51.8 Å². The van der Waals surface area contributed by atoms with Crippen molar-refractivity contribution < 1.29 is 23.9 Å². The average molecular weight is 525 g/mol. The third-order valence-corrected chi connectivity index (χ3v) is 6.92. The van der Waals surface area contributed by atoms with Gasteiger partial charge in [0.05, 0.1) is 30.4 Å². The van der Waals surface area contributed by atoms with Gasteiger partial charge in [-0.1, -0.05) is 0 Å². The topological polar surface area (TPSA) is 128 Å². The molecule has 2 N–H and O–H groups in total. The fourth-order valence-corrected chi connectivity index (χ4v) is 4.95. The van der Waals surface area contributed by atoms with Gasteiger partial charge in [-0.25, -0.2) is 14.5 Å². The first-order chi connectivity index (χ1) is 19.0. The number of carbonyl (C=O) groups is 3. The molecule has 196 valence electrons. The first kappa shape index (κ1) is 24.2. The fourth-order valence-electron chi connectivity index (χ4n) is 4.95. The summed E-state index contributed by atoms with van der Waals surface area (Å²) in [6.45, 7) is 0.479. The number of nitrogens with one attached hydrogen (secondary N) is 2. The van der Waals surface area contributed by atoms with E-state index < -0.39 is 23.4 Å². The first-order valence-electron chi connectivity index (χ1n) is 12.4. The van der Waals surface area contributed by atoms with Crippen molar-refractivity contribution in [2.24, 2.45) is 0 Å². The molecule has 0 aliphatic carbocycles. The number of methoxy groups -OCH3 is 1. The number of hydrogen-bond donors (Lipinski definition) is 2. The van der Waals surface area contributed by atoms with E-state index in [-0.39, 0.29) is 0 Å². The van der Waals surface area contributed by atoms with Gasteiger partial charge in [0.1, 0.15) is 11.5 Å². The van der Waals surface area contributed by atoms with Crippen molar-refractivity contribution in [3.8, 4) is 34.3 Å². The van der Waals surface area contributed by atoms with Crippen LogP contribution in [0.1, 0.15) is 12.8 Å². The molecule has 0 saturated carbocycles. The van der Waals surface area contributed by atoms with Gasteiger partial charge in [-0.3, -0.25) is 20.2 Å². The Hall–Kier alpha value is -5.19. The monoisotopic (exact) mass is 524 g/mol. The van der Waals surface area contributed by atoms with Crippen LogP contribution < -0.4 is 25.0 Å². The summed E-state index contributed by atoms with van der Waals surface area (Å²) in [5.41, 5.74) is 1.79. The van der Waals surface area contributed by atoms with E-state index in [1.807, 2.05) is 60.8 Å². The van der Waals surface area contributed by atoms with E-state index in [1.54, 1.807) is 35.0 Å². The van der Waals surface area contributed by atoms with Crippen LogP contribution in [0.5, 0.6) is 17.4 Å². The molecule has 0 radical (unpaired) electrons. The molecule has 11 heteroatoms. The predicted molar refractivity (Wildman–Crippen MR) is 141 cm³/mol. The molecule has 2 saturated heterocycles. The molecule has 2 aromatic heterocycles. The molecule has 0 atom stereocenters. The number of pyridine rings is 1. The number of barbiturate groups is 1. The maximum Gasteiger partial charge on any atom is 0.328 e. The second-order valence-corrected chi connectivity index (χ2v) is 9.18. The molecule has 0 unspecified atom stereocenters. The van der Waals surface area contributed by atoms with Crippen molar-refractivity contribution in [1.82, 2.24) is 25.4 Å². The van der Waals surface area contributed by atoms with E-state index in [0.29, 0.717) is 36.7 Å². The number of nitrogens with zero attached hydrogens (tertiary/aromatic N) is 4. The quantitative estimate of drug-likeness (QED) is 0.367. The van der Waals surface area contributed by atoms with Crippen molar-refractivity contribution >= 4 is 23.5 Å². The molecule has 2 aromatic carbocycles. The molecule has 2 aliphatic heterocycles. The Kier molecular flexibility index (Phi) is 5.95. The standard InChI is InChI=1S/C28H24N6O5/c1-38-21-10-5-19(6-11-21)34-16-13-23(32-34)18-3-8-22(9-4-18)39-24-12-7-20(17-29-24)33-15-2-14-28(33)25(35)30-27(37)31-26(28)36/h3-13,16-17H,2,14-15H2,1H3,(H2,30,31,35,36,37). The van der Waals surface area contributed by atoms with Crippen LogP contribution in [0.3, 0.4) is 0 Å². The van der Waals surface area contributed by atoms with Crippen molar-refractivity contribution in [2.75, 3.05) is 18.6 Å². The molecule has 1 spiro atoms. The summed E-state index contributed by atoms with van der Waals surface area (Å²) in [6.07, 6.45) is 4.38. The highest BCUT2D eigenvalue weighted by molar-refractivity contribution is 6.24. The number of anilines is 1. The minimum Gasteiger partial charge on any atom is -0.497 e. The lowest BCUT2D eigenvalue weighted by Crippen LogP contribution is -2.71. The maximum atomic E-state index is 12.7. The smallest absolute Gasteiger partial charge is 0.328 e. The lowest BCUT2D eigenvalue weighted by atomic mass is 9.92. The Morgan fingerprint density at radius 2 is 1.54 bits per heavy atom. The summed E-state index contributed by atoms with van der Waals surface area (Å²) in [5.74, 6) is 0.491. The van der Waals surface area contributed by atoms with Crippen LogP contribution in [-0.2, 0) is 9.59 Å². The Balaban J connectivity index is 1.14. The zero-order chi connectivity index (χ0) is 27.0. The molecule has 4 amide bonds. The van der Waals surface area contributed by atoms with E-state index in [1.165, 1.54) is 0 Å². The molecule has 6 rings (SSSR count). The second kappa shape index (κ2) is 9.60. The molecular formula is C28H24N6O5. The molecule has 4 aromatic rings. The highest BCUT2D eigenvalue weighted by atomic mass is 16.5. The summed E-state index contributed by atoms with van der Waals surface area (Å²) in [6, 6.07) is 19.7. The van der Waals surface area contributed by atoms with Gasteiger partial charge < -0.3 is 14.4 Å². The predicted octanol–water partition coefficient (Wildman–Crippen LogP) is 3.44. The first-order valence-corrected chi connectivity index (χ1v) is 12.4. The number of benzene rings is 2. The van der Waals surface area contributed by atoms with E-state index in [9.17, 15) is 14.4 Å². The van der Waals surface area contributed by atoms with Gasteiger partial charge in [0, 0.05) is 24.4 Å². The molecule has 4 heterocycles. The van der Waals surface area contributed by atoms with E-state index in [4.69, 9.17) is 9.47 Å². The van der Waals surface area contributed by atoms with Crippen LogP contribution in [0.15, 0.2) is 79.1 Å². The van der Waals surface area contributed by atoms with Crippen molar-refractivity contribution in [1.29, 1.82) is 0 Å². The summed E-state index contributed by atoms with van der Waals surface area (Å²) >= 11 is 0. The van der Waals surface area contributed by atoms with Crippen LogP contribution in [0.4, 0.5) is 10.5 Å². The third-order valence-electron chi connectivity index (χ3n) is 6.92. The summed E-state index contributed by atoms with van der Waals surface area (Å²) in [4.78, 5) is 42.9. The number of aromatic nitrogens is 3. The van der Waals surface area contributed by atoms with Gasteiger partial charge in [-0.2, -0.15) is 5.10 Å². The molecule has 2 fully saturated rings. The Morgan fingerprint density at radius 1 is 0.846 bits per heavy atom. The van der Waals surface area contributed by atoms with Gasteiger partial charge in [-0.15, -0.1) is 0 Å². The number of ether oxygens (including phenoxy) is 2. The van der Waals surface area contributed by atoms with Crippen LogP contribution >= 0.6 is 0 Å². The number of urea groups is 1. The summed E-state index contributed by atoms with van der Waals surface area (Å²) in [5, 5.41) is 9.08. The van der Waals surface area contributed by atoms with Crippen molar-refractivity contribution in [2.45, 2.75) is 18.4 Å². The number of carbonyl (C=O) groups excluding carboxylic acids is 3. The molecule has 11 nitrogen and oxygen atoms in total. The van der Waals surface area contributed by atoms with Crippen LogP contribution in [0, 0.1) is 0 Å². The maximum absolute atomic E-state index is 12.7. The Labute approximate surface area is 223 Å². The molecule has 0 bridgehead atoms. The SMILES string of the molecule is COc1ccc(-n2ccc(-c3ccc(Oc4ccc(N5CCCC56C(=O)NC(=O)NC6=O)cn4)cc3)n2)cc1. The zero-order valence-electron chi connectivity index (χ0n) is 21.0. The summed E-state index contributed by atoms with van der Waals surface area (Å²) < 4.78 is 12.9. The molecule has 2 aliphatic rings. The largest absolute Gasteiger partial charge is 0.497 e. The highest BCUT2D eigenvalue weighted by Gasteiger charge is 2.57. The van der Waals surface area contributed by atoms with E-state index in [2.05, 4.69) is 20.7 Å².